The smallest absolute Gasteiger partial charge is 0.114 e. The van der Waals surface area contributed by atoms with Crippen molar-refractivity contribution in [3.63, 3.8) is 0 Å². The number of nitrogens with two attached hydrogens (primary N) is 1. The molecule has 1 heterocycles. The highest BCUT2D eigenvalue weighted by Gasteiger charge is 2.27. The Labute approximate surface area is 58.6 Å². The van der Waals surface area contributed by atoms with Gasteiger partial charge in [-0.05, 0) is 18.2 Å². The minimum atomic E-state index is -0.170. The van der Waals surface area contributed by atoms with E-state index in [0.29, 0.717) is 0 Å². The molecule has 1 aliphatic heterocycles. The van der Waals surface area contributed by atoms with Crippen LogP contribution in [-0.4, -0.2) is 22.5 Å². The third kappa shape index (κ3) is 1.08. The van der Waals surface area contributed by atoms with Crippen LogP contribution >= 0.6 is 23.4 Å². The van der Waals surface area contributed by atoms with Gasteiger partial charge in [-0.2, -0.15) is 0 Å². The van der Waals surface area contributed by atoms with Gasteiger partial charge in [0, 0.05) is 12.6 Å². The number of alkyl halides is 1. The van der Waals surface area contributed by atoms with Gasteiger partial charge in [-0.25, -0.2) is 4.42 Å². The Hall–Kier alpha value is 0.500. The van der Waals surface area contributed by atoms with Crippen LogP contribution in [0.5, 0.6) is 0 Å². The molecule has 0 amide bonds. The van der Waals surface area contributed by atoms with Gasteiger partial charge in [-0.15, -0.1) is 11.6 Å². The molecule has 0 radical (unpaired) electrons. The monoisotopic (exact) mass is 154 g/mol. The molecule has 1 rings (SSSR count). The topological polar surface area (TPSA) is 29.3 Å². The lowest BCUT2D eigenvalue weighted by atomic mass is 10.3. The molecular weight excluding hydrogens is 147 g/mol. The van der Waals surface area contributed by atoms with Crippen molar-refractivity contribution in [3.05, 3.63) is 0 Å². The summed E-state index contributed by atoms with van der Waals surface area (Å²) in [6.45, 7) is 0.802. The fourth-order valence-corrected chi connectivity index (χ4v) is 1.21. The van der Waals surface area contributed by atoms with Crippen molar-refractivity contribution in [1.82, 2.24) is 4.42 Å². The second-order valence-corrected chi connectivity index (χ2v) is 2.83. The maximum absolute atomic E-state index is 5.68. The Morgan fingerprint density at radius 1 is 1.62 bits per heavy atom. The van der Waals surface area contributed by atoms with E-state index in [1.54, 1.807) is 0 Å². The number of nitrogens with zero attached hydrogens (tertiary/aromatic N) is 1. The van der Waals surface area contributed by atoms with Crippen LogP contribution < -0.4 is 5.73 Å². The Morgan fingerprint density at radius 2 is 2.25 bits per heavy atom. The SMILES string of the molecule is N[C@H]1CCN(Cl)[C@H]1Cl. The highest BCUT2D eigenvalue weighted by atomic mass is 35.5. The average molecular weight is 155 g/mol. The van der Waals surface area contributed by atoms with Gasteiger partial charge >= 0.3 is 0 Å². The zero-order valence-electron chi connectivity index (χ0n) is 4.35. The first-order chi connectivity index (χ1) is 3.72. The van der Waals surface area contributed by atoms with Gasteiger partial charge < -0.3 is 5.73 Å². The van der Waals surface area contributed by atoms with Crippen molar-refractivity contribution in [2.45, 2.75) is 18.0 Å². The van der Waals surface area contributed by atoms with Crippen LogP contribution in [0, 0.1) is 0 Å². The quantitative estimate of drug-likeness (QED) is 0.317. The van der Waals surface area contributed by atoms with Crippen LogP contribution in [-0.2, 0) is 0 Å². The number of hydrogen-bond donors (Lipinski definition) is 1. The predicted octanol–water partition coefficient (Wildman–Crippen LogP) is 0.738. The third-order valence-corrected chi connectivity index (χ3v) is 2.34. The highest BCUT2D eigenvalue weighted by molar-refractivity contribution is 6.25. The average Bonchev–Trinajstić information content (AvgIpc) is 1.98. The van der Waals surface area contributed by atoms with Gasteiger partial charge in [0.15, 0.2) is 0 Å². The molecule has 4 heteroatoms. The van der Waals surface area contributed by atoms with E-state index in [9.17, 15) is 0 Å². The largest absolute Gasteiger partial charge is 0.325 e. The number of rotatable bonds is 0. The van der Waals surface area contributed by atoms with Crippen molar-refractivity contribution in [3.8, 4) is 0 Å². The molecule has 0 bridgehead atoms. The van der Waals surface area contributed by atoms with E-state index >= 15 is 0 Å². The molecular formula is C4H8Cl2N2. The van der Waals surface area contributed by atoms with E-state index in [-0.39, 0.29) is 11.5 Å². The van der Waals surface area contributed by atoms with Crippen LogP contribution in [0.2, 0.25) is 0 Å². The van der Waals surface area contributed by atoms with Crippen molar-refractivity contribution in [1.29, 1.82) is 0 Å². The number of halogens is 2. The van der Waals surface area contributed by atoms with E-state index in [1.165, 1.54) is 4.42 Å². The Morgan fingerprint density at radius 3 is 2.38 bits per heavy atom. The molecule has 1 aliphatic rings. The fraction of sp³-hybridized carbons (Fsp3) is 1.00. The lowest BCUT2D eigenvalue weighted by Crippen LogP contribution is -2.29. The molecule has 0 aromatic rings. The second kappa shape index (κ2) is 2.40. The van der Waals surface area contributed by atoms with Crippen molar-refractivity contribution in [2.75, 3.05) is 6.54 Å². The summed E-state index contributed by atoms with van der Waals surface area (Å²) in [5.74, 6) is 0. The van der Waals surface area contributed by atoms with Gasteiger partial charge in [0.2, 0.25) is 0 Å². The molecule has 2 atom stereocenters. The third-order valence-electron chi connectivity index (χ3n) is 1.30. The van der Waals surface area contributed by atoms with Crippen molar-refractivity contribution >= 4 is 23.4 Å². The Bertz CT molecular complexity index is 78.1. The highest BCUT2D eigenvalue weighted by Crippen LogP contribution is 2.20. The summed E-state index contributed by atoms with van der Waals surface area (Å²) < 4.78 is 1.53. The standard InChI is InChI=1S/C4H8Cl2N2/c5-4-3(7)1-2-8(4)6/h3-4H,1-2,7H2/t3-,4+/m0/s1. The summed E-state index contributed by atoms with van der Waals surface area (Å²) in [4.78, 5) is 0. The number of hydrogen-bond acceptors (Lipinski definition) is 2. The molecule has 0 saturated carbocycles. The maximum atomic E-state index is 5.68. The first-order valence-electron chi connectivity index (χ1n) is 2.54. The summed E-state index contributed by atoms with van der Waals surface area (Å²) >= 11 is 11.3. The van der Waals surface area contributed by atoms with Gasteiger partial charge in [0.1, 0.15) is 5.50 Å². The van der Waals surface area contributed by atoms with E-state index in [2.05, 4.69) is 0 Å². The second-order valence-electron chi connectivity index (χ2n) is 1.95. The van der Waals surface area contributed by atoms with E-state index in [1.807, 2.05) is 0 Å². The molecule has 0 spiro atoms. The van der Waals surface area contributed by atoms with Gasteiger partial charge in [-0.1, -0.05) is 0 Å². The van der Waals surface area contributed by atoms with E-state index in [4.69, 9.17) is 29.1 Å². The van der Waals surface area contributed by atoms with Gasteiger partial charge in [0.05, 0.1) is 0 Å². The zero-order valence-corrected chi connectivity index (χ0v) is 5.86. The minimum absolute atomic E-state index is 0.0502. The first-order valence-corrected chi connectivity index (χ1v) is 3.31. The molecule has 1 saturated heterocycles. The summed E-state index contributed by atoms with van der Waals surface area (Å²) in [6, 6.07) is 0.0502. The van der Waals surface area contributed by atoms with Crippen LogP contribution in [0.3, 0.4) is 0 Å². The lowest BCUT2D eigenvalue weighted by molar-refractivity contribution is 0.508. The predicted molar refractivity (Wildman–Crippen MR) is 34.8 cm³/mol. The molecule has 2 N–H and O–H groups in total. The normalized spacial score (nSPS) is 40.9. The molecule has 2 nitrogen and oxygen atoms in total. The molecule has 1 fully saturated rings. The van der Waals surface area contributed by atoms with Crippen molar-refractivity contribution < 1.29 is 0 Å². The molecule has 0 aromatic carbocycles. The zero-order chi connectivity index (χ0) is 6.15. The molecule has 0 unspecified atom stereocenters. The van der Waals surface area contributed by atoms with Crippen LogP contribution in [0.4, 0.5) is 0 Å². The van der Waals surface area contributed by atoms with Gasteiger partial charge in [-0.3, -0.25) is 0 Å². The van der Waals surface area contributed by atoms with Crippen LogP contribution in [0.25, 0.3) is 0 Å². The summed E-state index contributed by atoms with van der Waals surface area (Å²) in [6.07, 6.45) is 0.900. The molecule has 0 aliphatic carbocycles. The summed E-state index contributed by atoms with van der Waals surface area (Å²) in [7, 11) is 0. The minimum Gasteiger partial charge on any atom is -0.325 e. The lowest BCUT2D eigenvalue weighted by Gasteiger charge is -2.10. The van der Waals surface area contributed by atoms with E-state index in [0.717, 1.165) is 13.0 Å². The Balaban J connectivity index is 2.44. The van der Waals surface area contributed by atoms with Crippen LogP contribution in [0.1, 0.15) is 6.42 Å². The molecule has 0 aromatic heterocycles. The molecule has 48 valence electrons. The Kier molecular flexibility index (Phi) is 1.98. The fourth-order valence-electron chi connectivity index (χ4n) is 0.741. The van der Waals surface area contributed by atoms with Crippen LogP contribution in [0.15, 0.2) is 0 Å². The van der Waals surface area contributed by atoms with Crippen molar-refractivity contribution in [2.24, 2.45) is 5.73 Å². The van der Waals surface area contributed by atoms with E-state index < -0.39 is 0 Å². The molecule has 8 heavy (non-hydrogen) atoms. The summed E-state index contributed by atoms with van der Waals surface area (Å²) in [5, 5.41) is 0. The van der Waals surface area contributed by atoms with Gasteiger partial charge in [0.25, 0.3) is 0 Å². The first kappa shape index (κ1) is 6.62. The summed E-state index contributed by atoms with van der Waals surface area (Å²) in [5.41, 5.74) is 5.34. The maximum Gasteiger partial charge on any atom is 0.114 e.